The molecule has 0 aromatic heterocycles. The van der Waals surface area contributed by atoms with Crippen LogP contribution in [0.1, 0.15) is 56.9 Å². The van der Waals surface area contributed by atoms with Gasteiger partial charge < -0.3 is 10.2 Å². The van der Waals surface area contributed by atoms with Crippen molar-refractivity contribution >= 4 is 5.91 Å². The third-order valence-corrected chi connectivity index (χ3v) is 5.82. The lowest BCUT2D eigenvalue weighted by molar-refractivity contribution is -0.122. The van der Waals surface area contributed by atoms with E-state index in [1.54, 1.807) is 0 Å². The summed E-state index contributed by atoms with van der Waals surface area (Å²) in [6, 6.07) is 3.60. The van der Waals surface area contributed by atoms with Crippen LogP contribution in [0, 0.1) is 17.6 Å². The first-order valence-electron chi connectivity index (χ1n) is 10.1. The number of carbonyl (C=O) groups is 1. The molecule has 1 saturated heterocycles. The molecule has 1 aromatic carbocycles. The van der Waals surface area contributed by atoms with Crippen molar-refractivity contribution in [2.75, 3.05) is 19.6 Å². The van der Waals surface area contributed by atoms with Gasteiger partial charge in [0, 0.05) is 32.1 Å². The molecule has 1 aromatic rings. The Balaban J connectivity index is 1.36. The zero-order valence-electron chi connectivity index (χ0n) is 15.5. The van der Waals surface area contributed by atoms with Crippen LogP contribution in [0.25, 0.3) is 0 Å². The number of nitrogens with one attached hydrogen (secondary N) is 1. The molecule has 1 aliphatic heterocycles. The van der Waals surface area contributed by atoms with Gasteiger partial charge in [0.25, 0.3) is 0 Å². The summed E-state index contributed by atoms with van der Waals surface area (Å²) < 4.78 is 26.8. The van der Waals surface area contributed by atoms with Gasteiger partial charge >= 0.3 is 0 Å². The minimum Gasteiger partial charge on any atom is -0.353 e. The number of amides is 1. The van der Waals surface area contributed by atoms with E-state index in [0.717, 1.165) is 44.0 Å². The fourth-order valence-electron chi connectivity index (χ4n) is 4.28. The molecular weight excluding hydrogens is 334 g/mol. The number of likely N-dealkylation sites (tertiary alicyclic amines) is 1. The van der Waals surface area contributed by atoms with Crippen LogP contribution in [-0.4, -0.2) is 36.5 Å². The predicted molar refractivity (Wildman–Crippen MR) is 98.9 cm³/mol. The van der Waals surface area contributed by atoms with E-state index in [1.807, 2.05) is 0 Å². The average Bonchev–Trinajstić information content (AvgIpc) is 2.65. The molecule has 2 fully saturated rings. The van der Waals surface area contributed by atoms with Crippen LogP contribution in [0.2, 0.25) is 0 Å². The molecule has 1 amide bonds. The van der Waals surface area contributed by atoms with Crippen molar-refractivity contribution in [3.05, 3.63) is 35.4 Å². The molecule has 0 spiro atoms. The summed E-state index contributed by atoms with van der Waals surface area (Å²) in [5.74, 6) is -0.127. The number of hydrogen-bond donors (Lipinski definition) is 1. The third-order valence-electron chi connectivity index (χ3n) is 5.82. The summed E-state index contributed by atoms with van der Waals surface area (Å²) in [6.45, 7) is 3.29. The Hall–Kier alpha value is -1.49. The molecule has 0 atom stereocenters. The maximum atomic E-state index is 13.6. The van der Waals surface area contributed by atoms with Gasteiger partial charge in [-0.1, -0.05) is 19.3 Å². The van der Waals surface area contributed by atoms with Crippen LogP contribution >= 0.6 is 0 Å². The van der Waals surface area contributed by atoms with Gasteiger partial charge in [0.2, 0.25) is 5.91 Å². The minimum atomic E-state index is -0.466. The van der Waals surface area contributed by atoms with Gasteiger partial charge in [0.05, 0.1) is 0 Å². The molecule has 0 bridgehead atoms. The molecule has 5 heteroatoms. The zero-order valence-corrected chi connectivity index (χ0v) is 15.5. The van der Waals surface area contributed by atoms with Gasteiger partial charge in [-0.15, -0.1) is 0 Å². The Morgan fingerprint density at radius 1 is 1.08 bits per heavy atom. The van der Waals surface area contributed by atoms with E-state index in [1.165, 1.54) is 44.7 Å². The first-order chi connectivity index (χ1) is 12.6. The second-order valence-electron chi connectivity index (χ2n) is 7.88. The Labute approximate surface area is 155 Å². The maximum absolute atomic E-state index is 13.6. The molecule has 1 saturated carbocycles. The van der Waals surface area contributed by atoms with Crippen molar-refractivity contribution in [3.8, 4) is 0 Å². The van der Waals surface area contributed by atoms with Gasteiger partial charge in [-0.05, 0) is 61.8 Å². The number of carbonyl (C=O) groups excluding carboxylic acids is 1. The van der Waals surface area contributed by atoms with Gasteiger partial charge in [-0.2, -0.15) is 0 Å². The molecule has 1 aliphatic carbocycles. The monoisotopic (exact) mass is 364 g/mol. The van der Waals surface area contributed by atoms with Crippen LogP contribution in [0.3, 0.4) is 0 Å². The van der Waals surface area contributed by atoms with E-state index in [4.69, 9.17) is 0 Å². The lowest BCUT2D eigenvalue weighted by Gasteiger charge is -2.35. The molecule has 26 heavy (non-hydrogen) atoms. The molecular formula is C21H30F2N2O. The maximum Gasteiger partial charge on any atom is 0.220 e. The predicted octanol–water partition coefficient (Wildman–Crippen LogP) is 4.06. The third kappa shape index (κ3) is 5.76. The van der Waals surface area contributed by atoms with Crippen molar-refractivity contribution < 1.29 is 13.6 Å². The van der Waals surface area contributed by atoms with Crippen LogP contribution in [0.5, 0.6) is 0 Å². The van der Waals surface area contributed by atoms with Crippen molar-refractivity contribution in [3.63, 3.8) is 0 Å². The van der Waals surface area contributed by atoms with Crippen molar-refractivity contribution in [1.29, 1.82) is 0 Å². The summed E-state index contributed by atoms with van der Waals surface area (Å²) >= 11 is 0. The van der Waals surface area contributed by atoms with Crippen LogP contribution in [-0.2, 0) is 11.2 Å². The van der Waals surface area contributed by atoms with Crippen molar-refractivity contribution in [2.45, 2.75) is 63.8 Å². The SMILES string of the molecule is O=C(CCc1cc(F)ccc1F)NC1CCN(CC2CCCCC2)CC1. The molecule has 0 radical (unpaired) electrons. The molecule has 1 heterocycles. The van der Waals surface area contributed by atoms with E-state index in [2.05, 4.69) is 10.2 Å². The van der Waals surface area contributed by atoms with E-state index in [-0.39, 0.29) is 30.4 Å². The Kier molecular flexibility index (Phi) is 7.00. The minimum absolute atomic E-state index is 0.0700. The molecule has 2 aliphatic rings. The van der Waals surface area contributed by atoms with Gasteiger partial charge in [-0.3, -0.25) is 4.79 Å². The summed E-state index contributed by atoms with van der Waals surface area (Å²) in [4.78, 5) is 14.7. The normalized spacial score (nSPS) is 20.2. The fourth-order valence-corrected chi connectivity index (χ4v) is 4.28. The Bertz CT molecular complexity index is 594. The van der Waals surface area contributed by atoms with Crippen molar-refractivity contribution in [1.82, 2.24) is 10.2 Å². The number of nitrogens with zero attached hydrogens (tertiary/aromatic N) is 1. The number of piperidine rings is 1. The van der Waals surface area contributed by atoms with E-state index < -0.39 is 11.6 Å². The zero-order chi connectivity index (χ0) is 18.4. The molecule has 3 nitrogen and oxygen atoms in total. The number of halogens is 2. The first kappa shape index (κ1) is 19.3. The average molecular weight is 364 g/mol. The quantitative estimate of drug-likeness (QED) is 0.826. The lowest BCUT2D eigenvalue weighted by Crippen LogP contribution is -2.46. The van der Waals surface area contributed by atoms with E-state index in [0.29, 0.717) is 0 Å². The first-order valence-corrected chi connectivity index (χ1v) is 10.1. The summed E-state index contributed by atoms with van der Waals surface area (Å²) in [6.07, 6.45) is 9.27. The number of rotatable bonds is 6. The molecule has 0 unspecified atom stereocenters. The topological polar surface area (TPSA) is 32.3 Å². The van der Waals surface area contributed by atoms with Crippen LogP contribution in [0.4, 0.5) is 8.78 Å². The second kappa shape index (κ2) is 9.45. The molecule has 144 valence electrons. The van der Waals surface area contributed by atoms with E-state index in [9.17, 15) is 13.6 Å². The van der Waals surface area contributed by atoms with Crippen molar-refractivity contribution in [2.24, 2.45) is 5.92 Å². The highest BCUT2D eigenvalue weighted by molar-refractivity contribution is 5.76. The van der Waals surface area contributed by atoms with Gasteiger partial charge in [-0.25, -0.2) is 8.78 Å². The number of aryl methyl sites for hydroxylation is 1. The molecule has 3 rings (SSSR count). The van der Waals surface area contributed by atoms with Gasteiger partial charge in [0.15, 0.2) is 0 Å². The highest BCUT2D eigenvalue weighted by atomic mass is 19.1. The van der Waals surface area contributed by atoms with Gasteiger partial charge in [0.1, 0.15) is 11.6 Å². The Morgan fingerprint density at radius 3 is 2.54 bits per heavy atom. The molecule has 1 N–H and O–H groups in total. The smallest absolute Gasteiger partial charge is 0.220 e. The summed E-state index contributed by atoms with van der Waals surface area (Å²) in [5.41, 5.74) is 0.266. The van der Waals surface area contributed by atoms with E-state index >= 15 is 0 Å². The van der Waals surface area contributed by atoms with Crippen LogP contribution in [0.15, 0.2) is 18.2 Å². The van der Waals surface area contributed by atoms with Crippen LogP contribution < -0.4 is 5.32 Å². The summed E-state index contributed by atoms with van der Waals surface area (Å²) in [7, 11) is 0. The standard InChI is InChI=1S/C21H30F2N2O/c22-18-7-8-20(23)17(14-18)6-9-21(26)24-19-10-12-25(13-11-19)15-16-4-2-1-3-5-16/h7-8,14,16,19H,1-6,9-13,15H2,(H,24,26). The summed E-state index contributed by atoms with van der Waals surface area (Å²) in [5, 5.41) is 3.07. The number of benzene rings is 1. The second-order valence-corrected chi connectivity index (χ2v) is 7.88. The largest absolute Gasteiger partial charge is 0.353 e. The fraction of sp³-hybridized carbons (Fsp3) is 0.667. The highest BCUT2D eigenvalue weighted by Crippen LogP contribution is 2.25. The number of hydrogen-bond acceptors (Lipinski definition) is 2. The highest BCUT2D eigenvalue weighted by Gasteiger charge is 2.23. The Morgan fingerprint density at radius 2 is 1.81 bits per heavy atom. The lowest BCUT2D eigenvalue weighted by atomic mass is 9.88.